The lowest BCUT2D eigenvalue weighted by molar-refractivity contribution is -0.139. The number of rotatable bonds is 24. The molecule has 1 unspecified atom stereocenters. The third-order valence-electron chi connectivity index (χ3n) is 13.8. The molecule has 13 nitrogen and oxygen atoms in total. The van der Waals surface area contributed by atoms with Crippen molar-refractivity contribution in [2.75, 3.05) is 19.6 Å². The summed E-state index contributed by atoms with van der Waals surface area (Å²) in [6.45, 7) is 8.45. The van der Waals surface area contributed by atoms with Crippen LogP contribution < -0.4 is 21.8 Å². The normalized spacial score (nSPS) is 14.9. The predicted molar refractivity (Wildman–Crippen MR) is 281 cm³/mol. The van der Waals surface area contributed by atoms with Crippen LogP contribution in [0.2, 0.25) is 0 Å². The Kier molecular flexibility index (Phi) is 18.3. The van der Waals surface area contributed by atoms with Gasteiger partial charge in [-0.1, -0.05) is 124 Å². The molecule has 0 saturated carbocycles. The average molecular weight is 1010 g/mol. The fourth-order valence-electron chi connectivity index (χ4n) is 9.75. The Hall–Kier alpha value is -7.52. The van der Waals surface area contributed by atoms with Crippen molar-refractivity contribution in [3.63, 3.8) is 0 Å². The number of hydrogen-bond donors (Lipinski definition) is 4. The molecule has 7 rings (SSSR count). The first kappa shape index (κ1) is 54.3. The molecular formula is C59H65F2N5O8. The van der Waals surface area contributed by atoms with Gasteiger partial charge in [-0.3, -0.25) is 33.7 Å². The maximum Gasteiger partial charge on any atom is 0.305 e. The highest BCUT2D eigenvalue weighted by Gasteiger charge is 2.31. The second-order valence-corrected chi connectivity index (χ2v) is 20.0. The molecule has 0 aliphatic carbocycles. The second-order valence-electron chi connectivity index (χ2n) is 20.0. The van der Waals surface area contributed by atoms with Crippen LogP contribution in [0.1, 0.15) is 105 Å². The Morgan fingerprint density at radius 1 is 0.662 bits per heavy atom. The number of benzene rings is 4. The molecule has 4 N–H and O–H groups in total. The van der Waals surface area contributed by atoms with Crippen LogP contribution in [0.5, 0.6) is 0 Å². The van der Waals surface area contributed by atoms with Crippen molar-refractivity contribution < 1.29 is 38.2 Å². The van der Waals surface area contributed by atoms with E-state index in [0.29, 0.717) is 54.5 Å². The minimum Gasteiger partial charge on any atom is -0.481 e. The van der Waals surface area contributed by atoms with Crippen LogP contribution in [0.3, 0.4) is 0 Å². The van der Waals surface area contributed by atoms with Gasteiger partial charge < -0.3 is 30.0 Å². The Balaban J connectivity index is 1.13. The van der Waals surface area contributed by atoms with Gasteiger partial charge in [-0.2, -0.15) is 0 Å². The zero-order chi connectivity index (χ0) is 53.1. The third-order valence-corrected chi connectivity index (χ3v) is 13.8. The van der Waals surface area contributed by atoms with Gasteiger partial charge in [-0.15, -0.1) is 0 Å². The van der Waals surface area contributed by atoms with Gasteiger partial charge in [0, 0.05) is 37.6 Å². The van der Waals surface area contributed by atoms with Crippen LogP contribution in [0, 0.1) is 24.6 Å². The number of aliphatic carboxylic acids is 2. The molecule has 0 spiro atoms. The van der Waals surface area contributed by atoms with Gasteiger partial charge >= 0.3 is 11.9 Å². The van der Waals surface area contributed by atoms with E-state index in [1.807, 2.05) is 105 Å². The quantitative estimate of drug-likeness (QED) is 0.0460. The van der Waals surface area contributed by atoms with E-state index in [1.54, 1.807) is 49.5 Å². The number of carbonyl (C=O) groups is 4. The Labute approximate surface area is 429 Å². The summed E-state index contributed by atoms with van der Waals surface area (Å²) in [4.78, 5) is 82.1. The highest BCUT2D eigenvalue weighted by molar-refractivity contribution is 5.83. The molecule has 6 aromatic rings. The number of nitrogens with zero attached hydrogens (tertiary/aromatic N) is 3. The molecule has 1 saturated heterocycles. The average Bonchev–Trinajstić information content (AvgIpc) is 3.36. The van der Waals surface area contributed by atoms with Gasteiger partial charge in [0.1, 0.15) is 18.3 Å². The van der Waals surface area contributed by atoms with E-state index in [1.165, 1.54) is 10.8 Å². The summed E-state index contributed by atoms with van der Waals surface area (Å²) in [5.41, 5.74) is 5.11. The number of halogens is 2. The van der Waals surface area contributed by atoms with Crippen LogP contribution in [0.4, 0.5) is 8.78 Å². The molecule has 74 heavy (non-hydrogen) atoms. The topological polar surface area (TPSA) is 180 Å². The van der Waals surface area contributed by atoms with Crippen LogP contribution in [-0.4, -0.2) is 73.8 Å². The van der Waals surface area contributed by atoms with Gasteiger partial charge in [-0.05, 0) is 114 Å². The van der Waals surface area contributed by atoms with E-state index in [0.717, 1.165) is 38.5 Å². The number of alkyl halides is 1. The standard InChI is InChI=1S/C59H65F2N5O8/c1-37(2)28-52(65-26-11-12-39(4)58(65)73)56(71)63-51(33-55(69)70)46-17-10-16-45(31-46)48-18-9-8-15-43(48)20-19-38(3)29-53(66-34-40(30-49(61)59(66)74)25-27-64-35-47(60)36-64)57(72)62-50(32-54(67)68)44-23-21-42(22-24-44)41-13-6-5-7-14-41/h5-18,21-24,26,30-31,34,37-38,47,50-53H,19-20,25,27-29,32-33,35-36H2,1-4H3,(H,62,72)(H,63,71)(H,67,68)(H,69,70)/t38?,50-,51-,52-,53-/m0/s1. The summed E-state index contributed by atoms with van der Waals surface area (Å²) in [5, 5.41) is 25.9. The SMILES string of the molecule is Cc1cccn([C@@H](CC(C)C)C(=O)N[C@@H](CC(=O)O)c2cccc(-c3ccccc3CCC(C)C[C@@H](C(=O)N[C@@H](CC(=O)O)c3ccc(-c4ccccc4)cc3)n3cc(CCN4CC(F)C4)cc(F)c3=O)c2)c1=O. The van der Waals surface area contributed by atoms with E-state index in [4.69, 9.17) is 0 Å². The van der Waals surface area contributed by atoms with Crippen LogP contribution in [-0.2, 0) is 32.0 Å². The predicted octanol–water partition coefficient (Wildman–Crippen LogP) is 9.44. The molecule has 0 radical (unpaired) electrons. The summed E-state index contributed by atoms with van der Waals surface area (Å²) < 4.78 is 31.8. The highest BCUT2D eigenvalue weighted by atomic mass is 19.1. The van der Waals surface area contributed by atoms with Crippen LogP contribution >= 0.6 is 0 Å². The first-order valence-corrected chi connectivity index (χ1v) is 25.3. The molecule has 388 valence electrons. The van der Waals surface area contributed by atoms with Crippen molar-refractivity contribution in [2.24, 2.45) is 11.8 Å². The van der Waals surface area contributed by atoms with E-state index in [2.05, 4.69) is 10.6 Å². The van der Waals surface area contributed by atoms with Crippen molar-refractivity contribution in [3.8, 4) is 22.3 Å². The minimum atomic E-state index is -1.25. The molecule has 3 heterocycles. The largest absolute Gasteiger partial charge is 0.481 e. The summed E-state index contributed by atoms with van der Waals surface area (Å²) in [5.74, 6) is -4.66. The van der Waals surface area contributed by atoms with Gasteiger partial charge in [0.25, 0.3) is 11.1 Å². The van der Waals surface area contributed by atoms with Crippen molar-refractivity contribution in [2.45, 2.75) is 103 Å². The number of amides is 2. The molecule has 1 aliphatic heterocycles. The first-order valence-electron chi connectivity index (χ1n) is 25.3. The highest BCUT2D eigenvalue weighted by Crippen LogP contribution is 2.32. The summed E-state index contributed by atoms with van der Waals surface area (Å²) >= 11 is 0. The second kappa shape index (κ2) is 24.9. The number of likely N-dealkylation sites (tertiary alicyclic amines) is 1. The van der Waals surface area contributed by atoms with E-state index in [-0.39, 0.29) is 36.9 Å². The number of aryl methyl sites for hydroxylation is 2. The smallest absolute Gasteiger partial charge is 0.305 e. The number of hydrogen-bond acceptors (Lipinski definition) is 7. The van der Waals surface area contributed by atoms with Gasteiger partial charge in [-0.25, -0.2) is 8.78 Å². The minimum absolute atomic E-state index is 0.0443. The molecule has 0 bridgehead atoms. The van der Waals surface area contributed by atoms with E-state index >= 15 is 4.39 Å². The lowest BCUT2D eigenvalue weighted by atomic mass is 9.89. The Morgan fingerprint density at radius 3 is 1.92 bits per heavy atom. The maximum atomic E-state index is 15.6. The van der Waals surface area contributed by atoms with Crippen molar-refractivity contribution in [1.29, 1.82) is 0 Å². The van der Waals surface area contributed by atoms with Crippen molar-refractivity contribution >= 4 is 23.8 Å². The van der Waals surface area contributed by atoms with E-state index in [9.17, 15) is 43.4 Å². The monoisotopic (exact) mass is 1010 g/mol. The van der Waals surface area contributed by atoms with Gasteiger partial charge in [0.15, 0.2) is 5.82 Å². The maximum absolute atomic E-state index is 15.6. The lowest BCUT2D eigenvalue weighted by Crippen LogP contribution is -2.49. The number of carboxylic acids is 2. The first-order chi connectivity index (χ1) is 35.4. The number of pyridine rings is 2. The molecule has 15 heteroatoms. The fraction of sp³-hybridized carbons (Fsp3) is 0.356. The molecule has 2 amide bonds. The Morgan fingerprint density at radius 2 is 1.27 bits per heavy atom. The van der Waals surface area contributed by atoms with Crippen molar-refractivity contribution in [3.05, 3.63) is 188 Å². The molecular weight excluding hydrogens is 945 g/mol. The molecule has 1 fully saturated rings. The molecule has 5 atom stereocenters. The van der Waals surface area contributed by atoms with Gasteiger partial charge in [0.2, 0.25) is 11.8 Å². The fourth-order valence-corrected chi connectivity index (χ4v) is 9.75. The van der Waals surface area contributed by atoms with Crippen LogP contribution in [0.25, 0.3) is 22.3 Å². The van der Waals surface area contributed by atoms with E-state index < -0.39 is 78.3 Å². The van der Waals surface area contributed by atoms with Gasteiger partial charge in [0.05, 0.1) is 24.9 Å². The van der Waals surface area contributed by atoms with Crippen LogP contribution in [0.15, 0.2) is 143 Å². The molecule has 1 aliphatic rings. The number of aromatic nitrogens is 2. The molecule has 4 aromatic carbocycles. The zero-order valence-electron chi connectivity index (χ0n) is 42.3. The third kappa shape index (κ3) is 14.2. The summed E-state index contributed by atoms with van der Waals surface area (Å²) in [6, 6.07) is 32.3. The molecule has 2 aromatic heterocycles. The zero-order valence-corrected chi connectivity index (χ0v) is 42.3. The Bertz CT molecular complexity index is 3040. The number of nitrogens with one attached hydrogen (secondary N) is 2. The number of carboxylic acid groups (broad SMARTS) is 2. The number of carbonyl (C=O) groups excluding carboxylic acids is 2. The summed E-state index contributed by atoms with van der Waals surface area (Å²) in [6.07, 6.45) is 2.99. The summed E-state index contributed by atoms with van der Waals surface area (Å²) in [7, 11) is 0. The van der Waals surface area contributed by atoms with Crippen molar-refractivity contribution in [1.82, 2.24) is 24.7 Å². The lowest BCUT2D eigenvalue weighted by Gasteiger charge is -2.34.